The summed E-state index contributed by atoms with van der Waals surface area (Å²) in [5, 5.41) is 4.26. The van der Waals surface area contributed by atoms with Crippen molar-refractivity contribution in [2.24, 2.45) is 0 Å². The van der Waals surface area contributed by atoms with Gasteiger partial charge in [-0.15, -0.1) is 0 Å². The van der Waals surface area contributed by atoms with E-state index in [1.54, 1.807) is 0 Å². The maximum absolute atomic E-state index is 13.5. The molecule has 2 aliphatic rings. The largest absolute Gasteiger partial charge is 0.309 e. The Morgan fingerprint density at radius 1 is 1.04 bits per heavy atom. The molecule has 5 nitrogen and oxygen atoms in total. The van der Waals surface area contributed by atoms with Crippen molar-refractivity contribution >= 4 is 39.8 Å². The van der Waals surface area contributed by atoms with Gasteiger partial charge < -0.3 is 5.32 Å². The van der Waals surface area contributed by atoms with Crippen LogP contribution in [0.4, 0.5) is 17.1 Å². The molecule has 2 heterocycles. The van der Waals surface area contributed by atoms with Gasteiger partial charge in [0.05, 0.1) is 17.1 Å². The number of hydrogen-bond acceptors (Lipinski definition) is 3. The molecule has 150 valence electrons. The van der Waals surface area contributed by atoms with Crippen LogP contribution in [0.2, 0.25) is 5.02 Å². The average molecular weight is 419 g/mol. The van der Waals surface area contributed by atoms with E-state index in [1.807, 2.05) is 51.9 Å². The van der Waals surface area contributed by atoms with E-state index in [-0.39, 0.29) is 0 Å². The summed E-state index contributed by atoms with van der Waals surface area (Å²) >= 11 is 4.83. The third-order valence-corrected chi connectivity index (χ3v) is 7.04. The van der Waals surface area contributed by atoms with Crippen LogP contribution in [-0.4, -0.2) is 47.4 Å². The quantitative estimate of drug-likeness (QED) is 0.819. The lowest BCUT2D eigenvalue weighted by Crippen LogP contribution is -2.55. The third kappa shape index (κ3) is 3.79. The van der Waals surface area contributed by atoms with Crippen LogP contribution < -0.4 is 13.9 Å². The van der Waals surface area contributed by atoms with E-state index in [1.165, 1.54) is 0 Å². The number of aryl methyl sites for hydroxylation is 1. The minimum absolute atomic E-state index is 0.480. The predicted molar refractivity (Wildman–Crippen MR) is 119 cm³/mol. The van der Waals surface area contributed by atoms with Gasteiger partial charge in [-0.1, -0.05) is 23.7 Å². The Balaban J connectivity index is 1.58. The number of rotatable bonds is 4. The molecule has 28 heavy (non-hydrogen) atoms. The molecule has 4 rings (SSSR count). The average Bonchev–Trinajstić information content (AvgIpc) is 2.91. The van der Waals surface area contributed by atoms with Crippen LogP contribution in [0.5, 0.6) is 0 Å². The normalized spacial score (nSPS) is 25.2. The lowest BCUT2D eigenvalue weighted by molar-refractivity contribution is 0.178. The molecule has 0 amide bonds. The smallest absolute Gasteiger partial charge is 0.230 e. The van der Waals surface area contributed by atoms with Gasteiger partial charge in [-0.2, -0.15) is 0 Å². The van der Waals surface area contributed by atoms with Crippen molar-refractivity contribution in [2.45, 2.75) is 32.9 Å². The molecular weight excluding hydrogens is 392 g/mol. The Labute approximate surface area is 175 Å². The fourth-order valence-electron chi connectivity index (χ4n) is 4.23. The van der Waals surface area contributed by atoms with Gasteiger partial charge in [0.25, 0.3) is 0 Å². The molecule has 0 spiro atoms. The highest BCUT2D eigenvalue weighted by molar-refractivity contribution is 7.88. The topological polar surface area (TPSA) is 38.8 Å². The van der Waals surface area contributed by atoms with Crippen molar-refractivity contribution < 1.29 is 4.21 Å². The summed E-state index contributed by atoms with van der Waals surface area (Å²) in [6.45, 7) is 10.1. The van der Waals surface area contributed by atoms with Crippen molar-refractivity contribution in [2.75, 3.05) is 34.8 Å². The summed E-state index contributed by atoms with van der Waals surface area (Å²) in [6, 6.07) is 14.8. The second-order valence-electron chi connectivity index (χ2n) is 7.78. The first-order valence-corrected chi connectivity index (χ1v) is 11.2. The van der Waals surface area contributed by atoms with E-state index in [9.17, 15) is 4.21 Å². The molecule has 0 saturated carbocycles. The Morgan fingerprint density at radius 3 is 2.39 bits per heavy atom. The van der Waals surface area contributed by atoms with Crippen LogP contribution >= 0.6 is 11.6 Å². The number of nitrogens with zero attached hydrogens (tertiary/aromatic N) is 3. The number of fused-ring (bicyclic) bond motifs is 1. The van der Waals surface area contributed by atoms with Crippen LogP contribution in [0.15, 0.2) is 42.5 Å². The zero-order valence-corrected chi connectivity index (χ0v) is 18.1. The van der Waals surface area contributed by atoms with Crippen LogP contribution in [0.1, 0.15) is 19.4 Å². The van der Waals surface area contributed by atoms with E-state index in [0.717, 1.165) is 48.8 Å². The minimum Gasteiger partial charge on any atom is -0.309 e. The van der Waals surface area contributed by atoms with E-state index in [4.69, 9.17) is 11.6 Å². The summed E-state index contributed by atoms with van der Waals surface area (Å²) in [4.78, 5) is 2.46. The number of para-hydroxylation sites is 2. The fourth-order valence-corrected chi connectivity index (χ4v) is 5.91. The van der Waals surface area contributed by atoms with Crippen LogP contribution in [0.3, 0.4) is 0 Å². The molecule has 0 radical (unpaired) electrons. The van der Waals surface area contributed by atoms with Crippen molar-refractivity contribution in [3.05, 3.63) is 53.1 Å². The van der Waals surface area contributed by atoms with E-state index in [0.29, 0.717) is 17.1 Å². The summed E-state index contributed by atoms with van der Waals surface area (Å²) in [5.74, 6) is 0. The second kappa shape index (κ2) is 8.03. The van der Waals surface area contributed by atoms with E-state index >= 15 is 0 Å². The molecule has 0 aliphatic carbocycles. The highest BCUT2D eigenvalue weighted by Gasteiger charge is 2.35. The van der Waals surface area contributed by atoms with Gasteiger partial charge >= 0.3 is 0 Å². The zero-order chi connectivity index (χ0) is 19.8. The zero-order valence-electron chi connectivity index (χ0n) is 16.6. The van der Waals surface area contributed by atoms with Crippen molar-refractivity contribution in [1.29, 1.82) is 0 Å². The van der Waals surface area contributed by atoms with Gasteiger partial charge in [-0.25, -0.2) is 8.51 Å². The summed E-state index contributed by atoms with van der Waals surface area (Å²) in [6.07, 6.45) is 0. The molecule has 1 saturated heterocycles. The number of halogens is 1. The fraction of sp³-hybridized carbons (Fsp3) is 0.429. The van der Waals surface area contributed by atoms with Gasteiger partial charge in [0.15, 0.2) is 0 Å². The van der Waals surface area contributed by atoms with Crippen molar-refractivity contribution in [3.63, 3.8) is 0 Å². The molecule has 3 unspecified atom stereocenters. The number of benzene rings is 2. The molecule has 2 aromatic rings. The van der Waals surface area contributed by atoms with Crippen LogP contribution in [0, 0.1) is 6.92 Å². The molecule has 2 aromatic carbocycles. The SMILES string of the molecule is Cc1cc(Cl)ccc1N1c2ccccc2N(CCN2CC(C)NC(C)C2)S1=O. The standard InChI is InChI=1S/C21H27ClN4OS/c1-15-12-18(22)8-9-19(15)26-21-7-5-4-6-20(21)25(28(26)27)11-10-24-13-16(2)23-17(3)14-24/h4-9,12,16-17,23H,10-11,13-14H2,1-3H3. The molecule has 1 N–H and O–H groups in total. The van der Waals surface area contributed by atoms with Gasteiger partial charge in [0, 0.05) is 43.3 Å². The minimum atomic E-state index is -1.30. The first-order valence-electron chi connectivity index (χ1n) is 9.77. The van der Waals surface area contributed by atoms with Crippen molar-refractivity contribution in [3.8, 4) is 0 Å². The van der Waals surface area contributed by atoms with E-state index < -0.39 is 11.2 Å². The summed E-state index contributed by atoms with van der Waals surface area (Å²) in [7, 11) is 0. The number of piperazine rings is 1. The lowest BCUT2D eigenvalue weighted by atomic mass is 10.1. The van der Waals surface area contributed by atoms with Crippen LogP contribution in [0.25, 0.3) is 0 Å². The van der Waals surface area contributed by atoms with E-state index in [2.05, 4.69) is 30.1 Å². The maximum atomic E-state index is 13.5. The summed E-state index contributed by atoms with van der Waals surface area (Å²) in [5.41, 5.74) is 3.95. The summed E-state index contributed by atoms with van der Waals surface area (Å²) < 4.78 is 17.4. The molecule has 7 heteroatoms. The van der Waals surface area contributed by atoms with Crippen LogP contribution in [-0.2, 0) is 11.2 Å². The van der Waals surface area contributed by atoms with Gasteiger partial charge in [-0.05, 0) is 56.7 Å². The molecule has 0 aromatic heterocycles. The number of anilines is 3. The third-order valence-electron chi connectivity index (χ3n) is 5.34. The Hall–Kier alpha value is -1.60. The first-order chi connectivity index (χ1) is 13.4. The number of nitrogens with one attached hydrogen (secondary N) is 1. The van der Waals surface area contributed by atoms with Gasteiger partial charge in [0.2, 0.25) is 11.2 Å². The lowest BCUT2D eigenvalue weighted by Gasteiger charge is -2.36. The Kier molecular flexibility index (Phi) is 5.65. The van der Waals surface area contributed by atoms with Gasteiger partial charge in [0.1, 0.15) is 0 Å². The first kappa shape index (κ1) is 19.7. The maximum Gasteiger partial charge on any atom is 0.230 e. The second-order valence-corrected chi connectivity index (χ2v) is 9.48. The Morgan fingerprint density at radius 2 is 1.71 bits per heavy atom. The molecular formula is C21H27ClN4OS. The highest BCUT2D eigenvalue weighted by atomic mass is 35.5. The molecule has 3 atom stereocenters. The highest BCUT2D eigenvalue weighted by Crippen LogP contribution is 2.44. The number of hydrogen-bond donors (Lipinski definition) is 1. The predicted octanol–water partition coefficient (Wildman–Crippen LogP) is 3.87. The molecule has 1 fully saturated rings. The Bertz CT molecular complexity index is 882. The van der Waals surface area contributed by atoms with Crippen molar-refractivity contribution in [1.82, 2.24) is 10.2 Å². The monoisotopic (exact) mass is 418 g/mol. The molecule has 2 aliphatic heterocycles. The van der Waals surface area contributed by atoms with Gasteiger partial charge in [-0.3, -0.25) is 9.21 Å². The molecule has 0 bridgehead atoms.